The largest absolute Gasteiger partial charge is 0.481 e. The van der Waals surface area contributed by atoms with Gasteiger partial charge in [-0.1, -0.05) is 29.8 Å². The molecule has 0 saturated heterocycles. The summed E-state index contributed by atoms with van der Waals surface area (Å²) in [6, 6.07) is 8.33. The van der Waals surface area contributed by atoms with Crippen molar-refractivity contribution in [2.75, 3.05) is 0 Å². The molecule has 3 rings (SSSR count). The third-order valence-electron chi connectivity index (χ3n) is 4.16. The van der Waals surface area contributed by atoms with Gasteiger partial charge in [-0.05, 0) is 37.5 Å². The Morgan fingerprint density at radius 3 is 2.52 bits per heavy atom. The molecule has 0 bridgehead atoms. The third-order valence-corrected chi connectivity index (χ3v) is 4.16. The third kappa shape index (κ3) is 2.95. The van der Waals surface area contributed by atoms with Crippen LogP contribution in [0.2, 0.25) is 0 Å². The van der Waals surface area contributed by atoms with E-state index in [-0.39, 0.29) is 6.42 Å². The number of aromatic nitrogens is 3. The number of hydrogen-bond donors (Lipinski definition) is 1. The van der Waals surface area contributed by atoms with Crippen LogP contribution in [0.15, 0.2) is 30.5 Å². The van der Waals surface area contributed by atoms with Crippen molar-refractivity contribution in [2.45, 2.75) is 33.7 Å². The Hall–Kier alpha value is -2.69. The molecule has 0 spiro atoms. The van der Waals surface area contributed by atoms with E-state index in [1.54, 1.807) is 6.20 Å². The van der Waals surface area contributed by atoms with Gasteiger partial charge < -0.3 is 5.11 Å². The van der Waals surface area contributed by atoms with Gasteiger partial charge in [-0.3, -0.25) is 4.79 Å². The summed E-state index contributed by atoms with van der Waals surface area (Å²) in [7, 11) is 0. The van der Waals surface area contributed by atoms with Crippen molar-refractivity contribution in [2.24, 2.45) is 0 Å². The lowest BCUT2D eigenvalue weighted by atomic mass is 10.0. The predicted octanol–water partition coefficient (Wildman–Crippen LogP) is 3.03. The molecule has 0 aliphatic carbocycles. The van der Waals surface area contributed by atoms with Crippen LogP contribution in [0.1, 0.15) is 27.9 Å². The summed E-state index contributed by atoms with van der Waals surface area (Å²) in [5, 5.41) is 14.4. The molecule has 0 aliphatic rings. The average molecular weight is 309 g/mol. The number of pyridine rings is 1. The van der Waals surface area contributed by atoms with Crippen LogP contribution in [0, 0.1) is 20.8 Å². The van der Waals surface area contributed by atoms with Gasteiger partial charge in [0.25, 0.3) is 0 Å². The molecule has 0 atom stereocenters. The first-order chi connectivity index (χ1) is 11.0. The number of carboxylic acid groups (broad SMARTS) is 1. The van der Waals surface area contributed by atoms with Gasteiger partial charge in [0.2, 0.25) is 0 Å². The lowest BCUT2D eigenvalue weighted by molar-refractivity contribution is -0.136. The zero-order valence-electron chi connectivity index (χ0n) is 13.5. The molecule has 2 heterocycles. The van der Waals surface area contributed by atoms with E-state index in [9.17, 15) is 4.79 Å². The van der Waals surface area contributed by atoms with Gasteiger partial charge in [0.15, 0.2) is 5.65 Å². The highest BCUT2D eigenvalue weighted by Crippen LogP contribution is 2.23. The number of benzene rings is 1. The number of aryl methyl sites for hydroxylation is 3. The summed E-state index contributed by atoms with van der Waals surface area (Å²) in [6.45, 7) is 6.50. The number of hydrogen-bond acceptors (Lipinski definition) is 3. The Morgan fingerprint density at radius 1 is 1.17 bits per heavy atom. The Bertz CT molecular complexity index is 879. The average Bonchev–Trinajstić information content (AvgIpc) is 2.89. The SMILES string of the molecule is Cc1ccc(Cn2ncc3c(C)c(CC(=O)O)c(C)nc32)cc1. The van der Waals surface area contributed by atoms with Crippen LogP contribution in [0.5, 0.6) is 0 Å². The van der Waals surface area contributed by atoms with Gasteiger partial charge in [0.1, 0.15) is 0 Å². The molecule has 23 heavy (non-hydrogen) atoms. The zero-order chi connectivity index (χ0) is 16.6. The molecule has 1 aromatic carbocycles. The van der Waals surface area contributed by atoms with Crippen molar-refractivity contribution in [1.82, 2.24) is 14.8 Å². The summed E-state index contributed by atoms with van der Waals surface area (Å²) >= 11 is 0. The van der Waals surface area contributed by atoms with Crippen LogP contribution in [-0.2, 0) is 17.8 Å². The fourth-order valence-electron chi connectivity index (χ4n) is 2.82. The lowest BCUT2D eigenvalue weighted by Gasteiger charge is -2.10. The smallest absolute Gasteiger partial charge is 0.307 e. The molecule has 0 radical (unpaired) electrons. The number of carboxylic acids is 1. The van der Waals surface area contributed by atoms with E-state index >= 15 is 0 Å². The molecule has 0 unspecified atom stereocenters. The molecule has 0 amide bonds. The fourth-order valence-corrected chi connectivity index (χ4v) is 2.82. The van der Waals surface area contributed by atoms with Crippen LogP contribution < -0.4 is 0 Å². The second kappa shape index (κ2) is 5.83. The number of carbonyl (C=O) groups is 1. The van der Waals surface area contributed by atoms with Gasteiger partial charge in [0, 0.05) is 11.1 Å². The molecule has 5 nitrogen and oxygen atoms in total. The number of rotatable bonds is 4. The maximum Gasteiger partial charge on any atom is 0.307 e. The van der Waals surface area contributed by atoms with Gasteiger partial charge in [0.05, 0.1) is 19.2 Å². The molecular weight excluding hydrogens is 290 g/mol. The van der Waals surface area contributed by atoms with Gasteiger partial charge in [-0.15, -0.1) is 0 Å². The molecule has 1 N–H and O–H groups in total. The van der Waals surface area contributed by atoms with Gasteiger partial charge >= 0.3 is 5.97 Å². The minimum atomic E-state index is -0.843. The Labute approximate surface area is 134 Å². The first-order valence-corrected chi connectivity index (χ1v) is 7.54. The molecule has 5 heteroatoms. The number of aliphatic carboxylic acids is 1. The highest BCUT2D eigenvalue weighted by Gasteiger charge is 2.15. The van der Waals surface area contributed by atoms with E-state index in [1.165, 1.54) is 5.56 Å². The second-order valence-corrected chi connectivity index (χ2v) is 5.90. The van der Waals surface area contributed by atoms with Crippen LogP contribution >= 0.6 is 0 Å². The van der Waals surface area contributed by atoms with Crippen molar-refractivity contribution in [3.05, 3.63) is 58.4 Å². The Morgan fingerprint density at radius 2 is 1.87 bits per heavy atom. The van der Waals surface area contributed by atoms with E-state index in [2.05, 4.69) is 41.3 Å². The molecule has 2 aromatic heterocycles. The molecule has 3 aromatic rings. The Balaban J connectivity index is 2.03. The summed E-state index contributed by atoms with van der Waals surface area (Å²) in [6.07, 6.45) is 1.76. The van der Waals surface area contributed by atoms with Crippen LogP contribution in [0.3, 0.4) is 0 Å². The van der Waals surface area contributed by atoms with Crippen LogP contribution in [0.25, 0.3) is 11.0 Å². The quantitative estimate of drug-likeness (QED) is 0.804. The van der Waals surface area contributed by atoms with Crippen LogP contribution in [0.4, 0.5) is 0 Å². The van der Waals surface area contributed by atoms with E-state index in [1.807, 2.05) is 18.5 Å². The number of fused-ring (bicyclic) bond motifs is 1. The van der Waals surface area contributed by atoms with E-state index in [0.29, 0.717) is 6.54 Å². The summed E-state index contributed by atoms with van der Waals surface area (Å²) in [4.78, 5) is 15.6. The highest BCUT2D eigenvalue weighted by atomic mass is 16.4. The number of nitrogens with zero attached hydrogens (tertiary/aromatic N) is 3. The van der Waals surface area contributed by atoms with E-state index < -0.39 is 5.97 Å². The molecular formula is C18H19N3O2. The van der Waals surface area contributed by atoms with Crippen molar-refractivity contribution in [1.29, 1.82) is 0 Å². The summed E-state index contributed by atoms with van der Waals surface area (Å²) in [5.41, 5.74) is 5.66. The molecule has 0 fully saturated rings. The first-order valence-electron chi connectivity index (χ1n) is 7.54. The van der Waals surface area contributed by atoms with Gasteiger partial charge in [-0.2, -0.15) is 5.10 Å². The van der Waals surface area contributed by atoms with Crippen molar-refractivity contribution in [3.8, 4) is 0 Å². The molecule has 0 aliphatic heterocycles. The lowest BCUT2D eigenvalue weighted by Crippen LogP contribution is -2.08. The minimum Gasteiger partial charge on any atom is -0.481 e. The monoisotopic (exact) mass is 309 g/mol. The zero-order valence-corrected chi connectivity index (χ0v) is 13.5. The van der Waals surface area contributed by atoms with Crippen molar-refractivity contribution < 1.29 is 9.90 Å². The maximum atomic E-state index is 11.0. The second-order valence-electron chi connectivity index (χ2n) is 5.90. The maximum absolute atomic E-state index is 11.0. The highest BCUT2D eigenvalue weighted by molar-refractivity contribution is 5.82. The fraction of sp³-hybridized carbons (Fsp3) is 0.278. The molecule has 118 valence electrons. The van der Waals surface area contributed by atoms with Crippen molar-refractivity contribution in [3.63, 3.8) is 0 Å². The Kier molecular flexibility index (Phi) is 3.86. The normalized spacial score (nSPS) is 11.1. The van der Waals surface area contributed by atoms with Crippen molar-refractivity contribution >= 4 is 17.0 Å². The topological polar surface area (TPSA) is 68.0 Å². The van der Waals surface area contributed by atoms with E-state index in [4.69, 9.17) is 5.11 Å². The summed E-state index contributed by atoms with van der Waals surface area (Å²) in [5.74, 6) is -0.843. The van der Waals surface area contributed by atoms with E-state index in [0.717, 1.165) is 33.4 Å². The first kappa shape index (κ1) is 15.2. The predicted molar refractivity (Wildman–Crippen MR) is 88.6 cm³/mol. The minimum absolute atomic E-state index is 0.0102. The standard InChI is InChI=1S/C18H19N3O2/c1-11-4-6-14(7-5-11)10-21-18-16(9-19-21)12(2)15(8-17(22)23)13(3)20-18/h4-7,9H,8,10H2,1-3H3,(H,22,23). The summed E-state index contributed by atoms with van der Waals surface area (Å²) < 4.78 is 1.87. The van der Waals surface area contributed by atoms with Crippen LogP contribution in [-0.4, -0.2) is 25.8 Å². The van der Waals surface area contributed by atoms with Gasteiger partial charge in [-0.25, -0.2) is 9.67 Å². The molecule has 0 saturated carbocycles.